The summed E-state index contributed by atoms with van der Waals surface area (Å²) in [6.07, 6.45) is 4.44. The number of nitrogens with zero attached hydrogens (tertiary/aromatic N) is 1. The van der Waals surface area contributed by atoms with Crippen LogP contribution in [0.2, 0.25) is 0 Å². The molecule has 3 heterocycles. The smallest absolute Gasteiger partial charge is 0.228 e. The molecule has 3 atom stereocenters. The second-order valence-corrected chi connectivity index (χ2v) is 7.97. The van der Waals surface area contributed by atoms with Crippen LogP contribution in [0.25, 0.3) is 0 Å². The van der Waals surface area contributed by atoms with Crippen LogP contribution in [0.3, 0.4) is 0 Å². The Kier molecular flexibility index (Phi) is 5.17. The molecule has 152 valence electrons. The van der Waals surface area contributed by atoms with Crippen LogP contribution >= 0.6 is 0 Å². The second-order valence-electron chi connectivity index (χ2n) is 7.97. The molecule has 2 aromatic carbocycles. The van der Waals surface area contributed by atoms with Gasteiger partial charge in [0, 0.05) is 36.7 Å². The molecule has 5 rings (SSSR count). The van der Waals surface area contributed by atoms with Gasteiger partial charge in [0.05, 0.1) is 17.6 Å². The van der Waals surface area contributed by atoms with E-state index in [-0.39, 0.29) is 17.9 Å². The zero-order valence-electron chi connectivity index (χ0n) is 16.6. The van der Waals surface area contributed by atoms with E-state index in [1.165, 1.54) is 5.56 Å². The lowest BCUT2D eigenvalue weighted by Crippen LogP contribution is -2.40. The maximum absolute atomic E-state index is 13.0. The van der Waals surface area contributed by atoms with E-state index >= 15 is 0 Å². The molecule has 1 aromatic heterocycles. The molecule has 0 aliphatic carbocycles. The Balaban J connectivity index is 1.30. The van der Waals surface area contributed by atoms with Gasteiger partial charge >= 0.3 is 0 Å². The molecule has 30 heavy (non-hydrogen) atoms. The highest BCUT2D eigenvalue weighted by Gasteiger charge is 2.29. The summed E-state index contributed by atoms with van der Waals surface area (Å²) in [6.45, 7) is 1.63. The highest BCUT2D eigenvalue weighted by atomic mass is 16.1. The molecule has 1 saturated heterocycles. The maximum atomic E-state index is 13.0. The minimum absolute atomic E-state index is 0.0265. The van der Waals surface area contributed by atoms with Crippen molar-refractivity contribution in [1.82, 2.24) is 15.7 Å². The third kappa shape index (κ3) is 3.79. The number of hydrazine groups is 1. The number of carbonyl (C=O) groups is 1. The number of benzene rings is 2. The van der Waals surface area contributed by atoms with Gasteiger partial charge in [0.15, 0.2) is 0 Å². The van der Waals surface area contributed by atoms with Crippen molar-refractivity contribution >= 4 is 17.3 Å². The lowest BCUT2D eigenvalue weighted by atomic mass is 9.85. The number of pyridine rings is 1. The quantitative estimate of drug-likeness (QED) is 0.541. The predicted molar refractivity (Wildman–Crippen MR) is 118 cm³/mol. The molecule has 3 aromatic rings. The van der Waals surface area contributed by atoms with Crippen LogP contribution in [0.1, 0.15) is 35.1 Å². The molecule has 2 aliphatic rings. The topological polar surface area (TPSA) is 78.1 Å². The fraction of sp³-hybridized carbons (Fsp3) is 0.250. The zero-order chi connectivity index (χ0) is 20.3. The Morgan fingerprint density at radius 2 is 1.80 bits per heavy atom. The molecule has 2 aliphatic heterocycles. The van der Waals surface area contributed by atoms with E-state index in [9.17, 15) is 4.79 Å². The van der Waals surface area contributed by atoms with Crippen LogP contribution in [-0.4, -0.2) is 24.0 Å². The van der Waals surface area contributed by atoms with Gasteiger partial charge in [-0.3, -0.25) is 9.78 Å². The van der Waals surface area contributed by atoms with E-state index in [0.717, 1.165) is 35.5 Å². The molecule has 1 fully saturated rings. The van der Waals surface area contributed by atoms with Crippen LogP contribution in [0.4, 0.5) is 11.4 Å². The van der Waals surface area contributed by atoms with Gasteiger partial charge in [-0.15, -0.1) is 0 Å². The van der Waals surface area contributed by atoms with Gasteiger partial charge in [0.2, 0.25) is 5.91 Å². The fourth-order valence-electron chi connectivity index (χ4n) is 4.40. The van der Waals surface area contributed by atoms with Gasteiger partial charge < -0.3 is 16.1 Å². The van der Waals surface area contributed by atoms with E-state index in [1.807, 2.05) is 30.3 Å². The van der Waals surface area contributed by atoms with Gasteiger partial charge in [-0.25, -0.2) is 5.43 Å². The number of hydrogen-bond donors (Lipinski definition) is 4. The first-order valence-corrected chi connectivity index (χ1v) is 10.4. The minimum atomic E-state index is -0.0514. The van der Waals surface area contributed by atoms with Crippen LogP contribution in [0.5, 0.6) is 0 Å². The molecule has 6 heteroatoms. The molecule has 0 radical (unpaired) electrons. The standard InChI is InChI=1S/C24H25N5O/c30-24(19-12-18(14-26-15-19)16-4-2-1-3-5-16)27-20-6-7-22-21(13-20)23(29-28-22)17-8-10-25-11-9-17/h1-11,13,18-19,23,26,28-29H,12,14-15H2,(H,27,30). The molecule has 0 bridgehead atoms. The number of fused-ring (bicyclic) bond motifs is 1. The van der Waals surface area contributed by atoms with E-state index in [2.05, 4.69) is 56.8 Å². The van der Waals surface area contributed by atoms with Gasteiger partial charge in [-0.1, -0.05) is 30.3 Å². The average molecular weight is 399 g/mol. The Bertz CT molecular complexity index is 1020. The summed E-state index contributed by atoms with van der Waals surface area (Å²) in [5, 5.41) is 6.57. The fourth-order valence-corrected chi connectivity index (χ4v) is 4.40. The van der Waals surface area contributed by atoms with Crippen LogP contribution in [-0.2, 0) is 4.79 Å². The predicted octanol–water partition coefficient (Wildman–Crippen LogP) is 3.43. The van der Waals surface area contributed by atoms with Crippen molar-refractivity contribution in [3.05, 3.63) is 89.7 Å². The summed E-state index contributed by atoms with van der Waals surface area (Å²) in [4.78, 5) is 17.1. The van der Waals surface area contributed by atoms with E-state index in [0.29, 0.717) is 12.5 Å². The van der Waals surface area contributed by atoms with Gasteiger partial charge in [0.25, 0.3) is 0 Å². The third-order valence-corrected chi connectivity index (χ3v) is 6.01. The molecule has 1 amide bonds. The first kappa shape index (κ1) is 18.8. The summed E-state index contributed by atoms with van der Waals surface area (Å²) in [5.41, 5.74) is 11.9. The Hall–Kier alpha value is -3.22. The number of anilines is 2. The van der Waals surface area contributed by atoms with Crippen molar-refractivity contribution in [1.29, 1.82) is 0 Å². The minimum Gasteiger partial charge on any atom is -0.326 e. The SMILES string of the molecule is O=C(Nc1ccc2c(c1)C(c1ccncc1)NN2)C1CNCC(c2ccccc2)C1. The first-order valence-electron chi connectivity index (χ1n) is 10.4. The summed E-state index contributed by atoms with van der Waals surface area (Å²) < 4.78 is 0. The number of aromatic nitrogens is 1. The molecule has 3 unspecified atom stereocenters. The number of carbonyl (C=O) groups excluding carboxylic acids is 1. The number of nitrogens with one attached hydrogen (secondary N) is 4. The molecule has 4 N–H and O–H groups in total. The van der Waals surface area contributed by atoms with Crippen molar-refractivity contribution in [2.75, 3.05) is 23.8 Å². The first-order chi connectivity index (χ1) is 14.8. The molecule has 6 nitrogen and oxygen atoms in total. The lowest BCUT2D eigenvalue weighted by Gasteiger charge is -2.29. The Labute approximate surface area is 176 Å². The van der Waals surface area contributed by atoms with Crippen LogP contribution in [0.15, 0.2) is 73.1 Å². The van der Waals surface area contributed by atoms with Crippen molar-refractivity contribution in [2.24, 2.45) is 5.92 Å². The second kappa shape index (κ2) is 8.26. The summed E-state index contributed by atoms with van der Waals surface area (Å²) in [5.74, 6) is 0.382. The monoisotopic (exact) mass is 399 g/mol. The zero-order valence-corrected chi connectivity index (χ0v) is 16.6. The Morgan fingerprint density at radius 1 is 0.967 bits per heavy atom. The van der Waals surface area contributed by atoms with E-state index in [4.69, 9.17) is 0 Å². The van der Waals surface area contributed by atoms with Crippen molar-refractivity contribution < 1.29 is 4.79 Å². The van der Waals surface area contributed by atoms with Gasteiger partial charge in [-0.2, -0.15) is 0 Å². The Morgan fingerprint density at radius 3 is 2.63 bits per heavy atom. The molecular formula is C24H25N5O. The van der Waals surface area contributed by atoms with Crippen molar-refractivity contribution in [2.45, 2.75) is 18.4 Å². The maximum Gasteiger partial charge on any atom is 0.228 e. The summed E-state index contributed by atoms with van der Waals surface area (Å²) >= 11 is 0. The molecular weight excluding hydrogens is 374 g/mol. The highest BCUT2D eigenvalue weighted by molar-refractivity contribution is 5.93. The highest BCUT2D eigenvalue weighted by Crippen LogP contribution is 2.35. The van der Waals surface area contributed by atoms with Crippen LogP contribution in [0, 0.1) is 5.92 Å². The lowest BCUT2D eigenvalue weighted by molar-refractivity contribution is -0.120. The molecule has 0 spiro atoms. The van der Waals surface area contributed by atoms with Crippen LogP contribution < -0.4 is 21.5 Å². The van der Waals surface area contributed by atoms with E-state index < -0.39 is 0 Å². The largest absolute Gasteiger partial charge is 0.326 e. The number of amides is 1. The summed E-state index contributed by atoms with van der Waals surface area (Å²) in [7, 11) is 0. The average Bonchev–Trinajstić information content (AvgIpc) is 3.23. The number of rotatable bonds is 4. The van der Waals surface area contributed by atoms with Crippen molar-refractivity contribution in [3.63, 3.8) is 0 Å². The third-order valence-electron chi connectivity index (χ3n) is 6.01. The summed E-state index contributed by atoms with van der Waals surface area (Å²) in [6, 6.07) is 20.5. The van der Waals surface area contributed by atoms with Gasteiger partial charge in [-0.05, 0) is 53.8 Å². The van der Waals surface area contributed by atoms with E-state index in [1.54, 1.807) is 12.4 Å². The number of piperidine rings is 1. The van der Waals surface area contributed by atoms with Gasteiger partial charge in [0.1, 0.15) is 0 Å². The molecule has 0 saturated carbocycles. The normalized spacial score (nSPS) is 22.7. The number of hydrogen-bond acceptors (Lipinski definition) is 5. The van der Waals surface area contributed by atoms with Crippen molar-refractivity contribution in [3.8, 4) is 0 Å².